The highest BCUT2D eigenvalue weighted by Gasteiger charge is 2.34. The van der Waals surface area contributed by atoms with Gasteiger partial charge in [0.1, 0.15) is 0 Å². The summed E-state index contributed by atoms with van der Waals surface area (Å²) in [7, 11) is 2.02. The molecule has 5 heteroatoms. The van der Waals surface area contributed by atoms with Crippen LogP contribution in [-0.4, -0.2) is 45.3 Å². The summed E-state index contributed by atoms with van der Waals surface area (Å²) in [5.41, 5.74) is 1.14. The highest BCUT2D eigenvalue weighted by molar-refractivity contribution is 5.85. The highest BCUT2D eigenvalue weighted by atomic mass is 16.2. The topological polar surface area (TPSA) is 45.6 Å². The van der Waals surface area contributed by atoms with Gasteiger partial charge in [0.25, 0.3) is 0 Å². The van der Waals surface area contributed by atoms with Crippen LogP contribution in [-0.2, 0) is 23.2 Å². The lowest BCUT2D eigenvalue weighted by atomic mass is 10.0. The molecule has 0 aliphatic heterocycles. The molecule has 0 saturated heterocycles. The summed E-state index contributed by atoms with van der Waals surface area (Å²) in [6, 6.07) is 4.43. The van der Waals surface area contributed by atoms with Gasteiger partial charge in [-0.25, -0.2) is 0 Å². The van der Waals surface area contributed by atoms with Gasteiger partial charge in [0.05, 0.1) is 13.1 Å². The van der Waals surface area contributed by atoms with E-state index in [9.17, 15) is 9.59 Å². The van der Waals surface area contributed by atoms with Gasteiger partial charge in [-0.1, -0.05) is 39.5 Å². The van der Waals surface area contributed by atoms with Crippen LogP contribution < -0.4 is 0 Å². The average molecular weight is 388 g/mol. The first-order chi connectivity index (χ1) is 13.4. The van der Waals surface area contributed by atoms with Crippen molar-refractivity contribution >= 4 is 11.8 Å². The van der Waals surface area contributed by atoms with Crippen LogP contribution in [0, 0.1) is 11.8 Å². The monoisotopic (exact) mass is 387 g/mol. The molecular weight excluding hydrogens is 350 g/mol. The van der Waals surface area contributed by atoms with E-state index in [0.717, 1.165) is 25.0 Å². The quantitative estimate of drug-likeness (QED) is 0.610. The zero-order valence-electron chi connectivity index (χ0n) is 17.9. The molecule has 1 heterocycles. The van der Waals surface area contributed by atoms with Gasteiger partial charge in [0, 0.05) is 37.9 Å². The summed E-state index contributed by atoms with van der Waals surface area (Å²) >= 11 is 0. The van der Waals surface area contributed by atoms with E-state index < -0.39 is 0 Å². The van der Waals surface area contributed by atoms with Gasteiger partial charge in [-0.2, -0.15) is 0 Å². The molecular formula is C23H37N3O2. The molecule has 2 aliphatic carbocycles. The molecule has 2 amide bonds. The fourth-order valence-electron chi connectivity index (χ4n) is 4.38. The van der Waals surface area contributed by atoms with Crippen molar-refractivity contribution < 1.29 is 9.59 Å². The lowest BCUT2D eigenvalue weighted by Gasteiger charge is -2.29. The summed E-state index contributed by atoms with van der Waals surface area (Å²) in [6.45, 7) is 5.76. The molecule has 0 unspecified atom stereocenters. The zero-order valence-corrected chi connectivity index (χ0v) is 17.9. The molecule has 156 valence electrons. The van der Waals surface area contributed by atoms with E-state index >= 15 is 0 Å². The van der Waals surface area contributed by atoms with Crippen molar-refractivity contribution in [2.24, 2.45) is 18.9 Å². The Hall–Kier alpha value is -1.78. The maximum Gasteiger partial charge on any atom is 0.242 e. The molecule has 3 rings (SSSR count). The Kier molecular flexibility index (Phi) is 7.19. The third kappa shape index (κ3) is 5.86. The minimum absolute atomic E-state index is 0.0959. The third-order valence-electron chi connectivity index (χ3n) is 6.20. The Bertz CT molecular complexity index is 657. The first kappa shape index (κ1) is 20.9. The number of hydrogen-bond acceptors (Lipinski definition) is 2. The van der Waals surface area contributed by atoms with Crippen LogP contribution >= 0.6 is 0 Å². The van der Waals surface area contributed by atoms with E-state index in [4.69, 9.17) is 0 Å². The fourth-order valence-corrected chi connectivity index (χ4v) is 4.38. The first-order valence-corrected chi connectivity index (χ1v) is 11.1. The first-order valence-electron chi connectivity index (χ1n) is 11.1. The van der Waals surface area contributed by atoms with Crippen LogP contribution in [0.1, 0.15) is 70.9 Å². The molecule has 0 aromatic carbocycles. The Morgan fingerprint density at radius 2 is 1.86 bits per heavy atom. The third-order valence-corrected chi connectivity index (χ3v) is 6.20. The molecule has 2 saturated carbocycles. The Morgan fingerprint density at radius 3 is 2.43 bits per heavy atom. The summed E-state index contributed by atoms with van der Waals surface area (Å²) in [5, 5.41) is 0. The van der Waals surface area contributed by atoms with Gasteiger partial charge in [-0.05, 0) is 43.2 Å². The molecule has 28 heavy (non-hydrogen) atoms. The van der Waals surface area contributed by atoms with Gasteiger partial charge in [-0.15, -0.1) is 0 Å². The molecule has 0 N–H and O–H groups in total. The van der Waals surface area contributed by atoms with Crippen LogP contribution in [0.2, 0.25) is 0 Å². The van der Waals surface area contributed by atoms with Crippen molar-refractivity contribution in [2.45, 2.75) is 77.8 Å². The lowest BCUT2D eigenvalue weighted by Crippen LogP contribution is -2.45. The van der Waals surface area contributed by atoms with E-state index in [1.165, 1.54) is 25.7 Å². The minimum Gasteiger partial charge on any atom is -0.353 e. The Balaban J connectivity index is 1.60. The van der Waals surface area contributed by atoms with Crippen molar-refractivity contribution in [1.82, 2.24) is 14.4 Å². The number of hydrogen-bond donors (Lipinski definition) is 0. The largest absolute Gasteiger partial charge is 0.353 e. The number of carbonyl (C=O) groups excluding carboxylic acids is 2. The number of nitrogens with zero attached hydrogens (tertiary/aromatic N) is 3. The van der Waals surface area contributed by atoms with Crippen molar-refractivity contribution in [1.29, 1.82) is 0 Å². The zero-order chi connectivity index (χ0) is 20.1. The van der Waals surface area contributed by atoms with Crippen LogP contribution in [0.3, 0.4) is 0 Å². The number of carbonyl (C=O) groups is 2. The van der Waals surface area contributed by atoms with Crippen molar-refractivity contribution in [3.05, 3.63) is 24.0 Å². The van der Waals surface area contributed by atoms with Crippen LogP contribution in [0.5, 0.6) is 0 Å². The second-order valence-corrected chi connectivity index (χ2v) is 9.22. The number of amides is 2. The minimum atomic E-state index is 0.0959. The highest BCUT2D eigenvalue weighted by Crippen LogP contribution is 2.30. The average Bonchev–Trinajstić information content (AvgIpc) is 3.19. The molecule has 5 nitrogen and oxygen atoms in total. The molecule has 0 bridgehead atoms. The molecule has 0 radical (unpaired) electrons. The summed E-state index contributed by atoms with van der Waals surface area (Å²) in [4.78, 5) is 29.9. The van der Waals surface area contributed by atoms with Crippen LogP contribution in [0.15, 0.2) is 18.3 Å². The molecule has 1 aromatic heterocycles. The van der Waals surface area contributed by atoms with Gasteiger partial charge >= 0.3 is 0 Å². The van der Waals surface area contributed by atoms with E-state index in [1.807, 2.05) is 29.1 Å². The predicted octanol–water partition coefficient (Wildman–Crippen LogP) is 3.97. The smallest absolute Gasteiger partial charge is 0.242 e. The molecule has 0 atom stereocenters. The molecule has 2 aliphatic rings. The van der Waals surface area contributed by atoms with Gasteiger partial charge in [0.15, 0.2) is 0 Å². The van der Waals surface area contributed by atoms with Gasteiger partial charge in [0.2, 0.25) is 11.8 Å². The number of aromatic nitrogens is 1. The van der Waals surface area contributed by atoms with Gasteiger partial charge in [-0.3, -0.25) is 9.59 Å². The van der Waals surface area contributed by atoms with E-state index in [2.05, 4.69) is 24.5 Å². The fraction of sp³-hybridized carbons (Fsp3) is 0.739. The lowest BCUT2D eigenvalue weighted by molar-refractivity contribution is -0.141. The SMILES string of the molecule is CC(C)CN(CC(=O)N(Cc1cccn1C)C1CC1)C(=O)CCC1CCCC1. The second-order valence-electron chi connectivity index (χ2n) is 9.22. The second kappa shape index (κ2) is 9.62. The number of rotatable bonds is 10. The van der Waals surface area contributed by atoms with Crippen molar-refractivity contribution in [3.8, 4) is 0 Å². The van der Waals surface area contributed by atoms with E-state index in [1.54, 1.807) is 0 Å². The van der Waals surface area contributed by atoms with E-state index in [0.29, 0.717) is 37.4 Å². The Labute approximate surface area is 170 Å². The van der Waals surface area contributed by atoms with Crippen molar-refractivity contribution in [2.75, 3.05) is 13.1 Å². The standard InChI is InChI=1S/C23H37N3O2/c1-18(2)15-25(22(27)13-10-19-7-4-5-8-19)17-23(28)26(20-11-12-20)16-21-9-6-14-24(21)3/h6,9,14,18-20H,4-5,7-8,10-13,15-17H2,1-3H3. The van der Waals surface area contributed by atoms with Crippen LogP contribution in [0.4, 0.5) is 0 Å². The van der Waals surface area contributed by atoms with Crippen LogP contribution in [0.25, 0.3) is 0 Å². The maximum absolute atomic E-state index is 13.1. The van der Waals surface area contributed by atoms with Crippen molar-refractivity contribution in [3.63, 3.8) is 0 Å². The maximum atomic E-state index is 13.1. The predicted molar refractivity (Wildman–Crippen MR) is 112 cm³/mol. The summed E-state index contributed by atoms with van der Waals surface area (Å²) < 4.78 is 2.07. The molecule has 2 fully saturated rings. The molecule has 1 aromatic rings. The van der Waals surface area contributed by atoms with Gasteiger partial charge < -0.3 is 14.4 Å². The molecule has 0 spiro atoms. The number of aryl methyl sites for hydroxylation is 1. The Morgan fingerprint density at radius 1 is 1.14 bits per heavy atom. The van der Waals surface area contributed by atoms with E-state index in [-0.39, 0.29) is 18.4 Å². The normalized spacial score (nSPS) is 17.3. The summed E-state index contributed by atoms with van der Waals surface area (Å²) in [5.74, 6) is 1.33. The summed E-state index contributed by atoms with van der Waals surface area (Å²) in [6.07, 6.45) is 10.9.